The Labute approximate surface area is 114 Å². The molecule has 0 atom stereocenters. The molecule has 2 N–H and O–H groups in total. The normalized spacial score (nSPS) is 10.9. The maximum atomic E-state index is 8.98. The molecule has 4 nitrogen and oxygen atoms in total. The summed E-state index contributed by atoms with van der Waals surface area (Å²) < 4.78 is 0. The summed E-state index contributed by atoms with van der Waals surface area (Å²) in [6.07, 6.45) is 1.06. The number of nitrogens with zero attached hydrogens (tertiary/aromatic N) is 2. The van der Waals surface area contributed by atoms with Crippen molar-refractivity contribution in [2.24, 2.45) is 0 Å². The standard InChI is InChI=1S/C13H22ClN3O/c1-3-7-15-13-6-5-11(14)12(16-13)10-17(4-2)8-9-18/h5-6,18H,3-4,7-10H2,1-2H3,(H,15,16). The van der Waals surface area contributed by atoms with E-state index in [9.17, 15) is 0 Å². The van der Waals surface area contributed by atoms with E-state index in [0.717, 1.165) is 31.0 Å². The summed E-state index contributed by atoms with van der Waals surface area (Å²) in [5.41, 5.74) is 0.855. The Hall–Kier alpha value is -0.840. The van der Waals surface area contributed by atoms with Crippen LogP contribution in [0.4, 0.5) is 5.82 Å². The monoisotopic (exact) mass is 271 g/mol. The summed E-state index contributed by atoms with van der Waals surface area (Å²) >= 11 is 6.15. The molecule has 0 saturated carbocycles. The molecule has 0 saturated heterocycles. The first-order valence-corrected chi connectivity index (χ1v) is 6.81. The Morgan fingerprint density at radius 1 is 1.39 bits per heavy atom. The van der Waals surface area contributed by atoms with E-state index in [4.69, 9.17) is 16.7 Å². The zero-order valence-corrected chi connectivity index (χ0v) is 11.9. The van der Waals surface area contributed by atoms with Crippen LogP contribution < -0.4 is 5.32 Å². The third-order valence-corrected chi connectivity index (χ3v) is 3.06. The topological polar surface area (TPSA) is 48.4 Å². The molecule has 0 amide bonds. The van der Waals surface area contributed by atoms with Crippen LogP contribution in [0.5, 0.6) is 0 Å². The summed E-state index contributed by atoms with van der Waals surface area (Å²) in [5, 5.41) is 12.9. The predicted molar refractivity (Wildman–Crippen MR) is 76.1 cm³/mol. The maximum Gasteiger partial charge on any atom is 0.126 e. The van der Waals surface area contributed by atoms with Crippen molar-refractivity contribution in [1.82, 2.24) is 9.88 Å². The molecule has 18 heavy (non-hydrogen) atoms. The van der Waals surface area contributed by atoms with E-state index < -0.39 is 0 Å². The highest BCUT2D eigenvalue weighted by molar-refractivity contribution is 6.31. The second kappa shape index (κ2) is 8.29. The van der Waals surface area contributed by atoms with Crippen molar-refractivity contribution in [2.75, 3.05) is 31.6 Å². The lowest BCUT2D eigenvalue weighted by Gasteiger charge is -2.19. The van der Waals surface area contributed by atoms with Crippen LogP contribution >= 0.6 is 11.6 Å². The van der Waals surface area contributed by atoms with Crippen LogP contribution in [0.2, 0.25) is 5.02 Å². The molecule has 1 rings (SSSR count). The van der Waals surface area contributed by atoms with Gasteiger partial charge >= 0.3 is 0 Å². The summed E-state index contributed by atoms with van der Waals surface area (Å²) in [6.45, 7) is 7.40. The lowest BCUT2D eigenvalue weighted by atomic mass is 10.3. The average Bonchev–Trinajstić information content (AvgIpc) is 2.38. The number of rotatable bonds is 8. The average molecular weight is 272 g/mol. The minimum atomic E-state index is 0.152. The Morgan fingerprint density at radius 2 is 2.17 bits per heavy atom. The van der Waals surface area contributed by atoms with Crippen molar-refractivity contribution in [3.05, 3.63) is 22.8 Å². The zero-order chi connectivity index (χ0) is 13.4. The fraction of sp³-hybridized carbons (Fsp3) is 0.615. The number of hydrogen-bond donors (Lipinski definition) is 2. The van der Waals surface area contributed by atoms with Crippen LogP contribution in [0.15, 0.2) is 12.1 Å². The summed E-state index contributed by atoms with van der Waals surface area (Å²) in [7, 11) is 0. The molecular formula is C13H22ClN3O. The van der Waals surface area contributed by atoms with E-state index in [1.165, 1.54) is 0 Å². The molecule has 0 aliphatic carbocycles. The first-order chi connectivity index (χ1) is 8.71. The van der Waals surface area contributed by atoms with E-state index >= 15 is 0 Å². The van der Waals surface area contributed by atoms with Crippen molar-refractivity contribution in [1.29, 1.82) is 0 Å². The van der Waals surface area contributed by atoms with Crippen molar-refractivity contribution >= 4 is 17.4 Å². The first kappa shape index (κ1) is 15.2. The number of hydrogen-bond acceptors (Lipinski definition) is 4. The molecule has 1 aromatic rings. The maximum absolute atomic E-state index is 8.98. The summed E-state index contributed by atoms with van der Waals surface area (Å²) in [5.74, 6) is 0.858. The number of aliphatic hydroxyl groups excluding tert-OH is 1. The van der Waals surface area contributed by atoms with Crippen LogP contribution in [0, 0.1) is 0 Å². The van der Waals surface area contributed by atoms with Crippen molar-refractivity contribution < 1.29 is 5.11 Å². The van der Waals surface area contributed by atoms with Gasteiger partial charge in [0, 0.05) is 19.6 Å². The molecule has 5 heteroatoms. The highest BCUT2D eigenvalue weighted by atomic mass is 35.5. The van der Waals surface area contributed by atoms with Crippen LogP contribution in [0.3, 0.4) is 0 Å². The Kier molecular flexibility index (Phi) is 7.01. The number of anilines is 1. The van der Waals surface area contributed by atoms with Gasteiger partial charge in [-0.05, 0) is 25.1 Å². The van der Waals surface area contributed by atoms with Crippen LogP contribution in [-0.2, 0) is 6.54 Å². The van der Waals surface area contributed by atoms with E-state index in [-0.39, 0.29) is 6.61 Å². The van der Waals surface area contributed by atoms with E-state index in [1.807, 2.05) is 12.1 Å². The van der Waals surface area contributed by atoms with Gasteiger partial charge in [0.1, 0.15) is 5.82 Å². The Balaban J connectivity index is 2.73. The van der Waals surface area contributed by atoms with Crippen LogP contribution in [0.1, 0.15) is 26.0 Å². The number of aliphatic hydroxyl groups is 1. The van der Waals surface area contributed by atoms with E-state index in [2.05, 4.69) is 29.0 Å². The highest BCUT2D eigenvalue weighted by Gasteiger charge is 2.09. The van der Waals surface area contributed by atoms with Gasteiger partial charge in [-0.1, -0.05) is 25.4 Å². The molecule has 0 unspecified atom stereocenters. The van der Waals surface area contributed by atoms with Gasteiger partial charge in [0.15, 0.2) is 0 Å². The predicted octanol–water partition coefficient (Wildman–Crippen LogP) is 2.37. The number of likely N-dealkylation sites (N-methyl/N-ethyl adjacent to an activating group) is 1. The highest BCUT2D eigenvalue weighted by Crippen LogP contribution is 2.18. The van der Waals surface area contributed by atoms with Gasteiger partial charge in [0.25, 0.3) is 0 Å². The second-order valence-corrected chi connectivity index (χ2v) is 4.55. The van der Waals surface area contributed by atoms with Crippen molar-refractivity contribution in [3.8, 4) is 0 Å². The van der Waals surface area contributed by atoms with Crippen LogP contribution in [-0.4, -0.2) is 41.2 Å². The smallest absolute Gasteiger partial charge is 0.126 e. The molecular weight excluding hydrogens is 250 g/mol. The Bertz CT molecular complexity index is 360. The summed E-state index contributed by atoms with van der Waals surface area (Å²) in [4.78, 5) is 6.62. The third kappa shape index (κ3) is 4.80. The molecule has 0 fully saturated rings. The van der Waals surface area contributed by atoms with Gasteiger partial charge < -0.3 is 10.4 Å². The first-order valence-electron chi connectivity index (χ1n) is 6.43. The molecule has 0 aromatic carbocycles. The lowest BCUT2D eigenvalue weighted by Crippen LogP contribution is -2.26. The van der Waals surface area contributed by atoms with Gasteiger partial charge in [-0.3, -0.25) is 4.90 Å². The molecule has 0 bridgehead atoms. The quantitative estimate of drug-likeness (QED) is 0.762. The minimum Gasteiger partial charge on any atom is -0.395 e. The molecule has 0 aliphatic rings. The number of aromatic nitrogens is 1. The van der Waals surface area contributed by atoms with Gasteiger partial charge in [0.05, 0.1) is 17.3 Å². The minimum absolute atomic E-state index is 0.152. The SMILES string of the molecule is CCCNc1ccc(Cl)c(CN(CC)CCO)n1. The van der Waals surface area contributed by atoms with Crippen molar-refractivity contribution in [2.45, 2.75) is 26.8 Å². The molecule has 102 valence electrons. The fourth-order valence-corrected chi connectivity index (χ4v) is 1.81. The lowest BCUT2D eigenvalue weighted by molar-refractivity contribution is 0.195. The fourth-order valence-electron chi connectivity index (χ4n) is 1.65. The Morgan fingerprint density at radius 3 is 2.78 bits per heavy atom. The molecule has 0 radical (unpaired) electrons. The zero-order valence-electron chi connectivity index (χ0n) is 11.1. The number of pyridine rings is 1. The largest absolute Gasteiger partial charge is 0.395 e. The second-order valence-electron chi connectivity index (χ2n) is 4.14. The molecule has 0 spiro atoms. The molecule has 1 aromatic heterocycles. The van der Waals surface area contributed by atoms with E-state index in [1.54, 1.807) is 0 Å². The molecule has 0 aliphatic heterocycles. The number of halogens is 1. The van der Waals surface area contributed by atoms with Crippen LogP contribution in [0.25, 0.3) is 0 Å². The van der Waals surface area contributed by atoms with Gasteiger partial charge in [-0.2, -0.15) is 0 Å². The third-order valence-electron chi connectivity index (χ3n) is 2.71. The van der Waals surface area contributed by atoms with Gasteiger partial charge in [-0.15, -0.1) is 0 Å². The summed E-state index contributed by atoms with van der Waals surface area (Å²) in [6, 6.07) is 3.76. The van der Waals surface area contributed by atoms with E-state index in [0.29, 0.717) is 18.1 Å². The van der Waals surface area contributed by atoms with Gasteiger partial charge in [-0.25, -0.2) is 4.98 Å². The molecule has 1 heterocycles. The number of nitrogens with one attached hydrogen (secondary N) is 1. The van der Waals surface area contributed by atoms with Crippen molar-refractivity contribution in [3.63, 3.8) is 0 Å². The van der Waals surface area contributed by atoms with Gasteiger partial charge in [0.2, 0.25) is 0 Å².